The predicted molar refractivity (Wildman–Crippen MR) is 63.3 cm³/mol. The molecule has 1 atom stereocenters. The zero-order chi connectivity index (χ0) is 11.4. The van der Waals surface area contributed by atoms with E-state index in [1.54, 1.807) is 0 Å². The molecule has 0 radical (unpaired) electrons. The summed E-state index contributed by atoms with van der Waals surface area (Å²) in [5.41, 5.74) is 2.26. The van der Waals surface area contributed by atoms with Crippen molar-refractivity contribution in [2.75, 3.05) is 6.61 Å². The second-order valence-corrected chi connectivity index (χ2v) is 4.07. The summed E-state index contributed by atoms with van der Waals surface area (Å²) in [7, 11) is 0. The Kier molecular flexibility index (Phi) is 3.48. The lowest BCUT2D eigenvalue weighted by Gasteiger charge is -2.21. The third kappa shape index (κ3) is 2.37. The highest BCUT2D eigenvalue weighted by atomic mass is 16.5. The average Bonchev–Trinajstić information content (AvgIpc) is 2.30. The quantitative estimate of drug-likeness (QED) is 0.621. The summed E-state index contributed by atoms with van der Waals surface area (Å²) in [6.07, 6.45) is 8.39. The molecule has 1 aromatic rings. The largest absolute Gasteiger partial charge is 0.493 e. The van der Waals surface area contributed by atoms with E-state index in [2.05, 4.69) is 5.92 Å². The van der Waals surface area contributed by atoms with Gasteiger partial charge in [-0.15, -0.1) is 12.3 Å². The maximum Gasteiger partial charge on any atom is 0.119 e. The molecule has 0 bridgehead atoms. The van der Waals surface area contributed by atoms with Gasteiger partial charge in [-0.05, 0) is 42.5 Å². The highest BCUT2D eigenvalue weighted by Crippen LogP contribution is 2.32. The molecule has 0 spiro atoms. The van der Waals surface area contributed by atoms with Gasteiger partial charge in [0.1, 0.15) is 5.75 Å². The lowest BCUT2D eigenvalue weighted by molar-refractivity contribution is 0.156. The van der Waals surface area contributed by atoms with Gasteiger partial charge in [0, 0.05) is 6.42 Å². The summed E-state index contributed by atoms with van der Waals surface area (Å²) < 4.78 is 5.51. The molecule has 84 valence electrons. The van der Waals surface area contributed by atoms with Crippen LogP contribution in [0.4, 0.5) is 0 Å². The van der Waals surface area contributed by atoms with Gasteiger partial charge < -0.3 is 9.84 Å². The molecule has 1 aliphatic rings. The molecular weight excluding hydrogens is 200 g/mol. The fourth-order valence-electron chi connectivity index (χ4n) is 2.07. The Morgan fingerprint density at radius 3 is 3.19 bits per heavy atom. The molecule has 16 heavy (non-hydrogen) atoms. The Bertz CT molecular complexity index is 404. The van der Waals surface area contributed by atoms with E-state index in [1.165, 1.54) is 5.56 Å². The third-order valence-corrected chi connectivity index (χ3v) is 2.92. The summed E-state index contributed by atoms with van der Waals surface area (Å²) in [5.74, 6) is 3.34. The van der Waals surface area contributed by atoms with Crippen molar-refractivity contribution in [3.05, 3.63) is 29.3 Å². The molecule has 1 aromatic carbocycles. The summed E-state index contributed by atoms with van der Waals surface area (Å²) in [6, 6.07) is 5.94. The molecule has 2 heteroatoms. The van der Waals surface area contributed by atoms with Gasteiger partial charge in [-0.3, -0.25) is 0 Å². The minimum absolute atomic E-state index is 0.333. The Morgan fingerprint density at radius 2 is 2.38 bits per heavy atom. The van der Waals surface area contributed by atoms with E-state index in [4.69, 9.17) is 11.2 Å². The van der Waals surface area contributed by atoms with Gasteiger partial charge in [0.25, 0.3) is 0 Å². The van der Waals surface area contributed by atoms with Gasteiger partial charge >= 0.3 is 0 Å². The van der Waals surface area contributed by atoms with Crippen LogP contribution in [0.5, 0.6) is 5.75 Å². The van der Waals surface area contributed by atoms with Crippen molar-refractivity contribution in [1.82, 2.24) is 0 Å². The number of hydrogen-bond acceptors (Lipinski definition) is 2. The summed E-state index contributed by atoms with van der Waals surface area (Å²) >= 11 is 0. The molecular formula is C14H16O2. The van der Waals surface area contributed by atoms with Crippen LogP contribution in [0.2, 0.25) is 0 Å². The van der Waals surface area contributed by atoms with Crippen molar-refractivity contribution in [2.24, 2.45) is 0 Å². The second kappa shape index (κ2) is 5.05. The molecule has 2 nitrogen and oxygen atoms in total. The minimum Gasteiger partial charge on any atom is -0.493 e. The molecule has 0 aliphatic heterocycles. The third-order valence-electron chi connectivity index (χ3n) is 2.92. The van der Waals surface area contributed by atoms with Crippen molar-refractivity contribution in [2.45, 2.75) is 31.8 Å². The number of aliphatic hydroxyl groups excluding tert-OH is 1. The first-order valence-electron chi connectivity index (χ1n) is 5.68. The molecule has 0 saturated carbocycles. The van der Waals surface area contributed by atoms with Crippen LogP contribution in [-0.2, 0) is 6.42 Å². The number of terminal acetylenes is 1. The van der Waals surface area contributed by atoms with Crippen LogP contribution in [0, 0.1) is 12.3 Å². The number of benzene rings is 1. The number of ether oxygens (including phenoxy) is 1. The summed E-state index contributed by atoms with van der Waals surface area (Å²) in [4.78, 5) is 0. The lowest BCUT2D eigenvalue weighted by Crippen LogP contribution is -2.09. The molecule has 0 unspecified atom stereocenters. The van der Waals surface area contributed by atoms with Crippen molar-refractivity contribution in [1.29, 1.82) is 0 Å². The van der Waals surface area contributed by atoms with Crippen LogP contribution >= 0.6 is 0 Å². The van der Waals surface area contributed by atoms with E-state index < -0.39 is 0 Å². The zero-order valence-corrected chi connectivity index (χ0v) is 9.28. The van der Waals surface area contributed by atoms with E-state index in [0.29, 0.717) is 13.0 Å². The maximum atomic E-state index is 9.87. The molecule has 0 aromatic heterocycles. The van der Waals surface area contributed by atoms with Crippen molar-refractivity contribution < 1.29 is 9.84 Å². The molecule has 1 N–H and O–H groups in total. The Labute approximate surface area is 96.3 Å². The molecule has 2 rings (SSSR count). The van der Waals surface area contributed by atoms with Crippen LogP contribution in [-0.4, -0.2) is 11.7 Å². The van der Waals surface area contributed by atoms with Gasteiger partial charge in [0.05, 0.1) is 12.7 Å². The van der Waals surface area contributed by atoms with Crippen molar-refractivity contribution >= 4 is 0 Å². The monoisotopic (exact) mass is 216 g/mol. The van der Waals surface area contributed by atoms with Crippen LogP contribution in [0.15, 0.2) is 18.2 Å². The van der Waals surface area contributed by atoms with Gasteiger partial charge in [-0.25, -0.2) is 0 Å². The molecule has 0 heterocycles. The van der Waals surface area contributed by atoms with E-state index >= 15 is 0 Å². The SMILES string of the molecule is C#CCCOc1ccc2c(c1)[C@H](O)CCC2. The highest BCUT2D eigenvalue weighted by molar-refractivity contribution is 5.38. The van der Waals surface area contributed by atoms with Gasteiger partial charge in [-0.1, -0.05) is 6.07 Å². The molecule has 0 saturated heterocycles. The number of hydrogen-bond donors (Lipinski definition) is 1. The second-order valence-electron chi connectivity index (χ2n) is 4.07. The van der Waals surface area contributed by atoms with E-state index in [0.717, 1.165) is 30.6 Å². The van der Waals surface area contributed by atoms with E-state index in [9.17, 15) is 5.11 Å². The fraction of sp³-hybridized carbons (Fsp3) is 0.429. The topological polar surface area (TPSA) is 29.5 Å². The van der Waals surface area contributed by atoms with Crippen LogP contribution < -0.4 is 4.74 Å². The van der Waals surface area contributed by atoms with Crippen LogP contribution in [0.1, 0.15) is 36.5 Å². The van der Waals surface area contributed by atoms with Gasteiger partial charge in [0.2, 0.25) is 0 Å². The number of fused-ring (bicyclic) bond motifs is 1. The standard InChI is InChI=1S/C14H16O2/c1-2-3-9-16-12-8-7-11-5-4-6-14(15)13(11)10-12/h1,7-8,10,14-15H,3-6,9H2/t14-/m1/s1. The zero-order valence-electron chi connectivity index (χ0n) is 9.28. The Morgan fingerprint density at radius 1 is 1.50 bits per heavy atom. The Balaban J connectivity index is 2.11. The average molecular weight is 216 g/mol. The number of rotatable bonds is 3. The lowest BCUT2D eigenvalue weighted by atomic mass is 9.89. The van der Waals surface area contributed by atoms with Gasteiger partial charge in [0.15, 0.2) is 0 Å². The van der Waals surface area contributed by atoms with Crippen molar-refractivity contribution in [3.8, 4) is 18.1 Å². The van der Waals surface area contributed by atoms with Crippen LogP contribution in [0.25, 0.3) is 0 Å². The van der Waals surface area contributed by atoms with E-state index in [1.807, 2.05) is 18.2 Å². The van der Waals surface area contributed by atoms with Gasteiger partial charge in [-0.2, -0.15) is 0 Å². The Hall–Kier alpha value is -1.46. The molecule has 0 fully saturated rings. The molecule has 1 aliphatic carbocycles. The maximum absolute atomic E-state index is 9.87. The normalized spacial score (nSPS) is 18.6. The van der Waals surface area contributed by atoms with E-state index in [-0.39, 0.29) is 6.10 Å². The first-order valence-corrected chi connectivity index (χ1v) is 5.68. The first-order chi connectivity index (χ1) is 7.81. The first kappa shape index (κ1) is 11.0. The minimum atomic E-state index is -0.333. The fourth-order valence-corrected chi connectivity index (χ4v) is 2.07. The number of aryl methyl sites for hydroxylation is 1. The highest BCUT2D eigenvalue weighted by Gasteiger charge is 2.18. The van der Waals surface area contributed by atoms with Crippen LogP contribution in [0.3, 0.4) is 0 Å². The number of aliphatic hydroxyl groups is 1. The summed E-state index contributed by atoms with van der Waals surface area (Å²) in [6.45, 7) is 0.533. The smallest absolute Gasteiger partial charge is 0.119 e. The molecule has 0 amide bonds. The summed E-state index contributed by atoms with van der Waals surface area (Å²) in [5, 5.41) is 9.87. The predicted octanol–water partition coefficient (Wildman–Crippen LogP) is 2.46. The van der Waals surface area contributed by atoms with Crippen molar-refractivity contribution in [3.63, 3.8) is 0 Å².